The molecule has 0 atom stereocenters. The minimum absolute atomic E-state index is 0.0413. The first-order valence-electron chi connectivity index (χ1n) is 5.96. The Bertz CT molecular complexity index is 385. The molecule has 0 unspecified atom stereocenters. The van der Waals surface area contributed by atoms with Crippen LogP contribution < -0.4 is 5.32 Å². The van der Waals surface area contributed by atoms with Gasteiger partial charge in [-0.1, -0.05) is 0 Å². The van der Waals surface area contributed by atoms with Crippen molar-refractivity contribution in [3.63, 3.8) is 0 Å². The lowest BCUT2D eigenvalue weighted by atomic mass is 10.1. The third-order valence-corrected chi connectivity index (χ3v) is 3.04. The number of ether oxygens (including phenoxy) is 1. The molecule has 0 aromatic rings. The van der Waals surface area contributed by atoms with Gasteiger partial charge in [-0.15, -0.1) is 0 Å². The highest BCUT2D eigenvalue weighted by molar-refractivity contribution is 9.18. The van der Waals surface area contributed by atoms with Gasteiger partial charge in [-0.25, -0.2) is 4.79 Å². The molecule has 0 saturated carbocycles. The highest BCUT2D eigenvalue weighted by atomic mass is 79.9. The molecule has 0 spiro atoms. The van der Waals surface area contributed by atoms with E-state index >= 15 is 0 Å². The minimum atomic E-state index is -0.474. The Morgan fingerprint density at radius 3 is 2.61 bits per heavy atom. The molecule has 0 radical (unpaired) electrons. The first-order valence-corrected chi connectivity index (χ1v) is 6.75. The lowest BCUT2D eigenvalue weighted by Gasteiger charge is -2.34. The summed E-state index contributed by atoms with van der Waals surface area (Å²) in [4.78, 5) is 14.0. The van der Waals surface area contributed by atoms with Crippen molar-refractivity contribution in [1.29, 1.82) is 5.41 Å². The molecular formula is C12H20BrN3O2. The Morgan fingerprint density at radius 1 is 1.56 bits per heavy atom. The average molecular weight is 318 g/mol. The van der Waals surface area contributed by atoms with Crippen LogP contribution in [0.2, 0.25) is 0 Å². The molecule has 6 heteroatoms. The zero-order valence-corrected chi connectivity index (χ0v) is 12.8. The van der Waals surface area contributed by atoms with Crippen LogP contribution in [-0.2, 0) is 9.53 Å². The third kappa shape index (κ3) is 3.25. The van der Waals surface area contributed by atoms with Crippen LogP contribution >= 0.6 is 15.9 Å². The van der Waals surface area contributed by atoms with Gasteiger partial charge in [0, 0.05) is 18.6 Å². The summed E-state index contributed by atoms with van der Waals surface area (Å²) in [6.07, 6.45) is 0. The normalized spacial score (nSPS) is 18.4. The fourth-order valence-electron chi connectivity index (χ4n) is 1.88. The van der Waals surface area contributed by atoms with Gasteiger partial charge in [-0.3, -0.25) is 5.41 Å². The van der Waals surface area contributed by atoms with Gasteiger partial charge < -0.3 is 15.0 Å². The monoisotopic (exact) mass is 317 g/mol. The topological polar surface area (TPSA) is 65.4 Å². The number of nitrogens with one attached hydrogen (secondary N) is 2. The largest absolute Gasteiger partial charge is 0.462 e. The number of nitrogens with zero attached hydrogens (tertiary/aromatic N) is 1. The number of halogens is 1. The van der Waals surface area contributed by atoms with Gasteiger partial charge in [0.15, 0.2) is 0 Å². The molecule has 0 aromatic carbocycles. The van der Waals surface area contributed by atoms with Crippen molar-refractivity contribution in [2.45, 2.75) is 33.2 Å². The lowest BCUT2D eigenvalue weighted by molar-refractivity contribution is -0.138. The van der Waals surface area contributed by atoms with Crippen molar-refractivity contribution < 1.29 is 9.53 Å². The van der Waals surface area contributed by atoms with Crippen LogP contribution in [0.15, 0.2) is 11.4 Å². The van der Waals surface area contributed by atoms with Crippen LogP contribution in [0.1, 0.15) is 27.7 Å². The predicted octanol–water partition coefficient (Wildman–Crippen LogP) is 1.84. The van der Waals surface area contributed by atoms with Crippen molar-refractivity contribution >= 4 is 26.5 Å². The third-order valence-electron chi connectivity index (χ3n) is 2.64. The second-order valence-electron chi connectivity index (χ2n) is 5.01. The van der Waals surface area contributed by atoms with Crippen LogP contribution in [0.5, 0.6) is 0 Å². The minimum Gasteiger partial charge on any atom is -0.462 e. The van der Waals surface area contributed by atoms with Crippen molar-refractivity contribution in [3.8, 4) is 0 Å². The SMILES string of the molecule is CCOC(=O)/C(C(=N)Br)=C1/NCCN1C(C)(C)C. The maximum absolute atomic E-state index is 11.9. The first-order chi connectivity index (χ1) is 8.29. The molecule has 102 valence electrons. The standard InChI is InChI=1S/C12H20BrN3O2/c1-5-18-11(17)8(9(13)14)10-15-6-7-16(10)12(2,3)4/h14-15H,5-7H2,1-4H3/b10-8-,14-9?. The van der Waals surface area contributed by atoms with E-state index in [4.69, 9.17) is 10.1 Å². The quantitative estimate of drug-likeness (QED) is 0.473. The number of hydrogen-bond donors (Lipinski definition) is 2. The highest BCUT2D eigenvalue weighted by Crippen LogP contribution is 2.25. The van der Waals surface area contributed by atoms with Crippen molar-refractivity contribution in [2.24, 2.45) is 0 Å². The van der Waals surface area contributed by atoms with E-state index in [1.54, 1.807) is 6.92 Å². The Balaban J connectivity index is 3.19. The number of carbonyl (C=O) groups excluding carboxylic acids is 1. The van der Waals surface area contributed by atoms with Crippen molar-refractivity contribution in [3.05, 3.63) is 11.4 Å². The predicted molar refractivity (Wildman–Crippen MR) is 74.8 cm³/mol. The summed E-state index contributed by atoms with van der Waals surface area (Å²) >= 11 is 3.07. The molecule has 1 rings (SSSR count). The summed E-state index contributed by atoms with van der Waals surface area (Å²) in [5.41, 5.74) is 0.142. The molecule has 2 N–H and O–H groups in total. The Morgan fingerprint density at radius 2 is 2.17 bits per heavy atom. The molecule has 0 aromatic heterocycles. The van der Waals surface area contributed by atoms with Crippen molar-refractivity contribution in [1.82, 2.24) is 10.2 Å². The van der Waals surface area contributed by atoms with Crippen LogP contribution in [0.3, 0.4) is 0 Å². The van der Waals surface area contributed by atoms with Gasteiger partial charge in [0.05, 0.1) is 6.61 Å². The molecule has 0 bridgehead atoms. The summed E-state index contributed by atoms with van der Waals surface area (Å²) in [5, 5.41) is 10.9. The summed E-state index contributed by atoms with van der Waals surface area (Å²) in [7, 11) is 0. The zero-order chi connectivity index (χ0) is 13.9. The summed E-state index contributed by atoms with van der Waals surface area (Å²) in [6.45, 7) is 9.83. The van der Waals surface area contributed by atoms with Crippen LogP contribution in [-0.4, -0.2) is 40.7 Å². The van der Waals surface area contributed by atoms with Crippen LogP contribution in [0, 0.1) is 5.41 Å². The maximum atomic E-state index is 11.9. The first kappa shape index (κ1) is 15.0. The van der Waals surface area contributed by atoms with Gasteiger partial charge in [-0.2, -0.15) is 0 Å². The van der Waals surface area contributed by atoms with E-state index in [9.17, 15) is 4.79 Å². The molecule has 1 aliphatic rings. The summed E-state index contributed by atoms with van der Waals surface area (Å²) in [6, 6.07) is 0. The lowest BCUT2D eigenvalue weighted by Crippen LogP contribution is -2.40. The fraction of sp³-hybridized carbons (Fsp3) is 0.667. The zero-order valence-electron chi connectivity index (χ0n) is 11.3. The number of rotatable bonds is 3. The summed E-state index contributed by atoms with van der Waals surface area (Å²) < 4.78 is 5.05. The molecule has 1 aliphatic heterocycles. The number of carbonyl (C=O) groups is 1. The molecule has 5 nitrogen and oxygen atoms in total. The smallest absolute Gasteiger partial charge is 0.344 e. The van der Waals surface area contributed by atoms with E-state index in [2.05, 4.69) is 46.9 Å². The number of esters is 1. The second kappa shape index (κ2) is 5.73. The van der Waals surface area contributed by atoms with E-state index in [0.717, 1.165) is 13.1 Å². The Hall–Kier alpha value is -1.04. The van der Waals surface area contributed by atoms with Gasteiger partial charge >= 0.3 is 5.97 Å². The van der Waals surface area contributed by atoms with Crippen LogP contribution in [0.25, 0.3) is 0 Å². The molecule has 1 saturated heterocycles. The van der Waals surface area contributed by atoms with Gasteiger partial charge in [0.1, 0.15) is 16.0 Å². The Kier molecular flexibility index (Phi) is 4.78. The Labute approximate surface area is 116 Å². The van der Waals surface area contributed by atoms with Crippen LogP contribution in [0.4, 0.5) is 0 Å². The molecule has 0 amide bonds. The molecule has 18 heavy (non-hydrogen) atoms. The molecule has 1 heterocycles. The van der Waals surface area contributed by atoms with Gasteiger partial charge in [0.25, 0.3) is 0 Å². The fourth-order valence-corrected chi connectivity index (χ4v) is 2.23. The summed E-state index contributed by atoms with van der Waals surface area (Å²) in [5.74, 6) is 0.195. The van der Waals surface area contributed by atoms with E-state index in [0.29, 0.717) is 12.4 Å². The van der Waals surface area contributed by atoms with E-state index in [1.807, 2.05) is 0 Å². The average Bonchev–Trinajstić information content (AvgIpc) is 2.65. The number of hydrogen-bond acceptors (Lipinski definition) is 5. The highest BCUT2D eigenvalue weighted by Gasteiger charge is 2.33. The second-order valence-corrected chi connectivity index (χ2v) is 5.80. The van der Waals surface area contributed by atoms with E-state index in [-0.39, 0.29) is 15.7 Å². The van der Waals surface area contributed by atoms with E-state index in [1.165, 1.54) is 0 Å². The van der Waals surface area contributed by atoms with E-state index < -0.39 is 5.97 Å². The van der Waals surface area contributed by atoms with Gasteiger partial charge in [0.2, 0.25) is 0 Å². The molecular weight excluding hydrogens is 298 g/mol. The maximum Gasteiger partial charge on any atom is 0.344 e. The van der Waals surface area contributed by atoms with Gasteiger partial charge in [-0.05, 0) is 43.6 Å². The molecule has 0 aliphatic carbocycles. The molecule has 1 fully saturated rings. The van der Waals surface area contributed by atoms with Crippen molar-refractivity contribution in [2.75, 3.05) is 19.7 Å².